The van der Waals surface area contributed by atoms with Gasteiger partial charge < -0.3 is 8.83 Å². The van der Waals surface area contributed by atoms with E-state index in [1.807, 2.05) is 54.7 Å². The van der Waals surface area contributed by atoms with E-state index < -0.39 is 0 Å². The minimum Gasteiger partial charge on any atom is -0.455 e. The molecule has 0 N–H and O–H groups in total. The topological polar surface area (TPSA) is 65.0 Å². The number of rotatable bonds is 6. The largest absolute Gasteiger partial charge is 0.455 e. The van der Waals surface area contributed by atoms with E-state index in [9.17, 15) is 0 Å². The second-order valence-electron chi connectivity index (χ2n) is 14.0. The summed E-state index contributed by atoms with van der Waals surface area (Å²) in [5, 5.41) is 4.33. The van der Waals surface area contributed by atoms with E-state index in [-0.39, 0.29) is 0 Å². The van der Waals surface area contributed by atoms with Gasteiger partial charge in [0.15, 0.2) is 5.82 Å². The first kappa shape index (κ1) is 31.9. The van der Waals surface area contributed by atoms with Crippen molar-refractivity contribution in [3.63, 3.8) is 0 Å². The zero-order valence-corrected chi connectivity index (χ0v) is 30.1. The molecule has 0 aliphatic rings. The van der Waals surface area contributed by atoms with Crippen molar-refractivity contribution in [2.24, 2.45) is 0 Å². The number of aromatic nitrogens is 3. The van der Waals surface area contributed by atoms with Gasteiger partial charge in [-0.2, -0.15) is 0 Å². The van der Waals surface area contributed by atoms with Crippen molar-refractivity contribution in [3.8, 4) is 67.3 Å². The monoisotopic (exact) mass is 717 g/mol. The van der Waals surface area contributed by atoms with Gasteiger partial charge in [0.25, 0.3) is 0 Å². The molecular formula is C51H31N3O2. The molecule has 0 spiro atoms. The summed E-state index contributed by atoms with van der Waals surface area (Å²) in [5.41, 5.74) is 14.5. The van der Waals surface area contributed by atoms with E-state index in [2.05, 4.69) is 132 Å². The third kappa shape index (κ3) is 5.37. The third-order valence-corrected chi connectivity index (χ3v) is 10.6. The normalized spacial score (nSPS) is 11.6. The molecule has 7 aromatic carbocycles. The van der Waals surface area contributed by atoms with Gasteiger partial charge in [-0.1, -0.05) is 146 Å². The summed E-state index contributed by atoms with van der Waals surface area (Å²) < 4.78 is 13.2. The fraction of sp³-hybridized carbons (Fsp3) is 0. The van der Waals surface area contributed by atoms with Gasteiger partial charge in [-0.3, -0.25) is 4.98 Å². The third-order valence-electron chi connectivity index (χ3n) is 10.6. The molecule has 4 heterocycles. The highest BCUT2D eigenvalue weighted by atomic mass is 16.3. The number of pyridine rings is 1. The van der Waals surface area contributed by atoms with Crippen molar-refractivity contribution in [2.75, 3.05) is 0 Å². The highest BCUT2D eigenvalue weighted by Crippen LogP contribution is 2.44. The number of nitrogens with zero attached hydrogens (tertiary/aromatic N) is 3. The highest BCUT2D eigenvalue weighted by molar-refractivity contribution is 6.18. The predicted octanol–water partition coefficient (Wildman–Crippen LogP) is 13.7. The van der Waals surface area contributed by atoms with Gasteiger partial charge in [0, 0.05) is 61.8 Å². The van der Waals surface area contributed by atoms with Crippen LogP contribution in [0.2, 0.25) is 0 Å². The van der Waals surface area contributed by atoms with Crippen LogP contribution in [-0.2, 0) is 0 Å². The smallest absolute Gasteiger partial charge is 0.160 e. The van der Waals surface area contributed by atoms with Crippen molar-refractivity contribution < 1.29 is 8.83 Å². The summed E-state index contributed by atoms with van der Waals surface area (Å²) in [4.78, 5) is 14.5. The first-order valence-corrected chi connectivity index (χ1v) is 18.7. The van der Waals surface area contributed by atoms with Gasteiger partial charge in [-0.25, -0.2) is 9.97 Å². The van der Waals surface area contributed by atoms with Crippen molar-refractivity contribution in [1.29, 1.82) is 0 Å². The maximum absolute atomic E-state index is 6.69. The van der Waals surface area contributed by atoms with Crippen LogP contribution in [0.5, 0.6) is 0 Å². The van der Waals surface area contributed by atoms with Crippen LogP contribution in [0.1, 0.15) is 0 Å². The molecule has 0 amide bonds. The number of hydrogen-bond donors (Lipinski definition) is 0. The summed E-state index contributed by atoms with van der Waals surface area (Å²) in [6.07, 6.45) is 3.67. The Morgan fingerprint density at radius 1 is 0.357 bits per heavy atom. The molecule has 0 aliphatic heterocycles. The van der Waals surface area contributed by atoms with E-state index in [1.165, 1.54) is 0 Å². The lowest BCUT2D eigenvalue weighted by Gasteiger charge is -2.11. The lowest BCUT2D eigenvalue weighted by atomic mass is 9.93. The molecule has 11 rings (SSSR count). The predicted molar refractivity (Wildman–Crippen MR) is 227 cm³/mol. The summed E-state index contributed by atoms with van der Waals surface area (Å²) in [5.74, 6) is 0.664. The first-order chi connectivity index (χ1) is 27.7. The molecule has 5 nitrogen and oxygen atoms in total. The van der Waals surface area contributed by atoms with E-state index in [4.69, 9.17) is 18.8 Å². The molecule has 0 saturated carbocycles. The minimum atomic E-state index is 0.664. The maximum atomic E-state index is 6.69. The quantitative estimate of drug-likeness (QED) is 0.171. The van der Waals surface area contributed by atoms with Crippen LogP contribution in [0, 0.1) is 0 Å². The Balaban J connectivity index is 1.02. The number of furan rings is 2. The molecule has 0 aliphatic carbocycles. The van der Waals surface area contributed by atoms with Gasteiger partial charge in [0.1, 0.15) is 22.3 Å². The molecule has 11 aromatic rings. The van der Waals surface area contributed by atoms with Crippen LogP contribution in [0.25, 0.3) is 111 Å². The standard InChI is InChI=1S/C51H31N3O2/c1-2-10-34(11-3-1)44-30-45(35-23-19-32(20-24-35)37-12-9-29-52-31-37)54-51(53-44)36-25-21-33(22-26-36)38-27-28-42(50-48(38)43-14-5-7-18-47(43)56-50)41-16-8-15-40-39-13-4-6-17-46(39)55-49(40)41/h1-31H. The summed E-state index contributed by atoms with van der Waals surface area (Å²) >= 11 is 0. The van der Waals surface area contributed by atoms with Gasteiger partial charge in [-0.15, -0.1) is 0 Å². The van der Waals surface area contributed by atoms with Gasteiger partial charge in [-0.05, 0) is 52.6 Å². The number of benzene rings is 7. The molecule has 262 valence electrons. The first-order valence-electron chi connectivity index (χ1n) is 18.7. The summed E-state index contributed by atoms with van der Waals surface area (Å²) in [6.45, 7) is 0. The second kappa shape index (κ2) is 13.0. The fourth-order valence-corrected chi connectivity index (χ4v) is 7.89. The molecule has 0 saturated heterocycles. The Labute approximate surface area is 322 Å². The molecule has 5 heteroatoms. The molecule has 0 unspecified atom stereocenters. The van der Waals surface area contributed by atoms with Crippen LogP contribution >= 0.6 is 0 Å². The highest BCUT2D eigenvalue weighted by Gasteiger charge is 2.21. The lowest BCUT2D eigenvalue weighted by Crippen LogP contribution is -1.96. The average molecular weight is 718 g/mol. The molecular weight excluding hydrogens is 687 g/mol. The van der Waals surface area contributed by atoms with Crippen LogP contribution in [-0.4, -0.2) is 15.0 Å². The van der Waals surface area contributed by atoms with Crippen LogP contribution in [0.4, 0.5) is 0 Å². The number of fused-ring (bicyclic) bond motifs is 6. The number of hydrogen-bond acceptors (Lipinski definition) is 5. The summed E-state index contributed by atoms with van der Waals surface area (Å²) in [6, 6.07) is 60.5. The zero-order chi connectivity index (χ0) is 37.0. The van der Waals surface area contributed by atoms with Crippen molar-refractivity contribution in [1.82, 2.24) is 15.0 Å². The van der Waals surface area contributed by atoms with Crippen LogP contribution in [0.15, 0.2) is 197 Å². The van der Waals surface area contributed by atoms with Gasteiger partial charge >= 0.3 is 0 Å². The van der Waals surface area contributed by atoms with Crippen molar-refractivity contribution >= 4 is 43.9 Å². The Bertz CT molecular complexity index is 3220. The average Bonchev–Trinajstić information content (AvgIpc) is 3.86. The van der Waals surface area contributed by atoms with E-state index >= 15 is 0 Å². The van der Waals surface area contributed by atoms with E-state index in [1.54, 1.807) is 6.20 Å². The number of para-hydroxylation sites is 3. The molecule has 0 fully saturated rings. The Kier molecular flexibility index (Phi) is 7.42. The zero-order valence-electron chi connectivity index (χ0n) is 30.1. The fourth-order valence-electron chi connectivity index (χ4n) is 7.89. The van der Waals surface area contributed by atoms with Gasteiger partial charge in [0.2, 0.25) is 0 Å². The Morgan fingerprint density at radius 2 is 0.929 bits per heavy atom. The summed E-state index contributed by atoms with van der Waals surface area (Å²) in [7, 11) is 0. The molecule has 0 bridgehead atoms. The van der Waals surface area contributed by atoms with Gasteiger partial charge in [0.05, 0.1) is 11.4 Å². The maximum Gasteiger partial charge on any atom is 0.160 e. The Morgan fingerprint density at radius 3 is 1.70 bits per heavy atom. The molecule has 56 heavy (non-hydrogen) atoms. The Hall–Kier alpha value is -7.63. The van der Waals surface area contributed by atoms with E-state index in [0.29, 0.717) is 5.82 Å². The van der Waals surface area contributed by atoms with Crippen LogP contribution in [0.3, 0.4) is 0 Å². The lowest BCUT2D eigenvalue weighted by molar-refractivity contribution is 0.665. The SMILES string of the molecule is c1ccc(-c2cc(-c3ccc(-c4cccnc4)cc3)nc(-c3ccc(-c4ccc(-c5cccc6c5oc5ccccc56)c5oc6ccccc6c45)cc3)n2)cc1. The molecule has 0 radical (unpaired) electrons. The van der Waals surface area contributed by atoms with E-state index in [0.717, 1.165) is 105 Å². The van der Waals surface area contributed by atoms with Crippen molar-refractivity contribution in [3.05, 3.63) is 188 Å². The minimum absolute atomic E-state index is 0.664. The molecule has 4 aromatic heterocycles. The van der Waals surface area contributed by atoms with Crippen molar-refractivity contribution in [2.45, 2.75) is 0 Å². The second-order valence-corrected chi connectivity index (χ2v) is 14.0. The molecule has 0 atom stereocenters. The van der Waals surface area contributed by atoms with Crippen LogP contribution < -0.4 is 0 Å².